The predicted octanol–water partition coefficient (Wildman–Crippen LogP) is 0.181. The van der Waals surface area contributed by atoms with Crippen LogP contribution in [-0.4, -0.2) is 30.0 Å². The number of carbonyl (C=O) groups excluding carboxylic acids is 1. The number of nitrogens with one attached hydrogen (secondary N) is 1. The van der Waals surface area contributed by atoms with Crippen LogP contribution in [0.25, 0.3) is 0 Å². The van der Waals surface area contributed by atoms with Gasteiger partial charge in [0.1, 0.15) is 5.75 Å². The van der Waals surface area contributed by atoms with Crippen LogP contribution in [0.1, 0.15) is 18.4 Å². The van der Waals surface area contributed by atoms with Crippen molar-refractivity contribution in [2.24, 2.45) is 5.92 Å². The van der Waals surface area contributed by atoms with Crippen LogP contribution in [-0.2, 0) is 11.2 Å². The van der Waals surface area contributed by atoms with Gasteiger partial charge >= 0.3 is 0 Å². The molecule has 2 N–H and O–H groups in total. The largest absolute Gasteiger partial charge is 0.508 e. The Morgan fingerprint density at radius 3 is 2.59 bits per heavy atom. The summed E-state index contributed by atoms with van der Waals surface area (Å²) in [7, 11) is 0. The monoisotopic (exact) mass is 232 g/mol. The number of para-hydroxylation sites is 1. The maximum absolute atomic E-state index is 12.2. The van der Waals surface area contributed by atoms with E-state index in [9.17, 15) is 9.90 Å². The van der Waals surface area contributed by atoms with Gasteiger partial charge in [0.2, 0.25) is 0 Å². The molecule has 1 atom stereocenters. The smallest absolute Gasteiger partial charge is 0.193 e. The first kappa shape index (κ1) is 10.8. The lowest BCUT2D eigenvalue weighted by Gasteiger charge is -2.41. The quantitative estimate of drug-likeness (QED) is 0.764. The highest BCUT2D eigenvalue weighted by molar-refractivity contribution is 5.86. The Balaban J connectivity index is 1.81. The van der Waals surface area contributed by atoms with Crippen LogP contribution in [0.5, 0.6) is 5.75 Å². The molecule has 3 saturated heterocycles. The number of piperidine rings is 3. The minimum atomic E-state index is 0.0794. The summed E-state index contributed by atoms with van der Waals surface area (Å²) in [6, 6.07) is 7.44. The van der Waals surface area contributed by atoms with E-state index in [0.717, 1.165) is 31.5 Å². The van der Waals surface area contributed by atoms with E-state index in [1.54, 1.807) is 6.07 Å². The van der Waals surface area contributed by atoms with Gasteiger partial charge in [-0.25, -0.2) is 0 Å². The Labute approximate surface area is 101 Å². The van der Waals surface area contributed by atoms with E-state index in [-0.39, 0.29) is 6.04 Å². The number of carbonyl (C=O) groups is 1. The molecule has 0 radical (unpaired) electrons. The molecule has 2 bridgehead atoms. The van der Waals surface area contributed by atoms with Gasteiger partial charge in [0, 0.05) is 30.7 Å². The summed E-state index contributed by atoms with van der Waals surface area (Å²) >= 11 is 0. The molecular formula is C14H18NO2+. The van der Waals surface area contributed by atoms with Gasteiger partial charge in [-0.2, -0.15) is 0 Å². The maximum atomic E-state index is 12.2. The fourth-order valence-electron chi connectivity index (χ4n) is 3.26. The minimum absolute atomic E-state index is 0.0794. The van der Waals surface area contributed by atoms with Crippen molar-refractivity contribution in [3.8, 4) is 5.75 Å². The van der Waals surface area contributed by atoms with Gasteiger partial charge in [-0.05, 0) is 6.07 Å². The molecule has 3 heteroatoms. The molecule has 0 saturated carbocycles. The Morgan fingerprint density at radius 1 is 1.24 bits per heavy atom. The molecule has 0 aromatic heterocycles. The lowest BCUT2D eigenvalue weighted by molar-refractivity contribution is -0.927. The molecule has 0 aliphatic carbocycles. The first-order valence-corrected chi connectivity index (χ1v) is 6.41. The molecule has 1 aromatic rings. The molecule has 1 unspecified atom stereocenters. The molecule has 1 aromatic carbocycles. The topological polar surface area (TPSA) is 41.7 Å². The van der Waals surface area contributed by atoms with Gasteiger partial charge < -0.3 is 10.0 Å². The number of aromatic hydroxyl groups is 1. The average Bonchev–Trinajstić information content (AvgIpc) is 2.36. The van der Waals surface area contributed by atoms with E-state index in [4.69, 9.17) is 0 Å². The van der Waals surface area contributed by atoms with Crippen molar-refractivity contribution in [3.05, 3.63) is 29.8 Å². The standard InChI is InChI=1S/C14H17NO2/c16-13-4-2-1-3-11(13)9-12-14(17)10-5-7-15(12)8-6-10/h1-4,10,12,16H,5-9H2/p+1. The third-order valence-corrected chi connectivity index (χ3v) is 4.28. The summed E-state index contributed by atoms with van der Waals surface area (Å²) < 4.78 is 0. The summed E-state index contributed by atoms with van der Waals surface area (Å²) in [5.41, 5.74) is 0.908. The second-order valence-electron chi connectivity index (χ2n) is 5.22. The van der Waals surface area contributed by atoms with Crippen LogP contribution in [0, 0.1) is 5.92 Å². The second-order valence-corrected chi connectivity index (χ2v) is 5.22. The number of phenols is 1. The maximum Gasteiger partial charge on any atom is 0.193 e. The number of hydrogen-bond acceptors (Lipinski definition) is 2. The fourth-order valence-corrected chi connectivity index (χ4v) is 3.26. The van der Waals surface area contributed by atoms with Crippen molar-refractivity contribution in [1.82, 2.24) is 0 Å². The van der Waals surface area contributed by atoms with E-state index in [1.807, 2.05) is 18.2 Å². The third-order valence-electron chi connectivity index (χ3n) is 4.28. The van der Waals surface area contributed by atoms with Gasteiger partial charge in [-0.3, -0.25) is 4.79 Å². The molecule has 17 heavy (non-hydrogen) atoms. The average molecular weight is 232 g/mol. The van der Waals surface area contributed by atoms with Crippen molar-refractivity contribution < 1.29 is 14.8 Å². The molecule has 0 spiro atoms. The molecule has 0 amide bonds. The van der Waals surface area contributed by atoms with Crippen LogP contribution < -0.4 is 4.90 Å². The van der Waals surface area contributed by atoms with Crippen molar-refractivity contribution in [2.75, 3.05) is 13.1 Å². The number of fused-ring (bicyclic) bond motifs is 3. The van der Waals surface area contributed by atoms with E-state index in [2.05, 4.69) is 0 Å². The third kappa shape index (κ3) is 1.84. The summed E-state index contributed by atoms with van der Waals surface area (Å²) in [6.07, 6.45) is 2.81. The molecule has 3 aliphatic heterocycles. The lowest BCUT2D eigenvalue weighted by atomic mass is 9.80. The van der Waals surface area contributed by atoms with E-state index >= 15 is 0 Å². The zero-order valence-electron chi connectivity index (χ0n) is 9.86. The van der Waals surface area contributed by atoms with Crippen LogP contribution in [0.3, 0.4) is 0 Å². The molecule has 3 nitrogen and oxygen atoms in total. The highest BCUT2D eigenvalue weighted by Crippen LogP contribution is 2.23. The van der Waals surface area contributed by atoms with Crippen molar-refractivity contribution in [3.63, 3.8) is 0 Å². The van der Waals surface area contributed by atoms with Gasteiger partial charge in [-0.1, -0.05) is 18.2 Å². The Hall–Kier alpha value is -1.35. The SMILES string of the molecule is O=C1C2CC[NH+](CC2)C1Cc1ccccc1O. The van der Waals surface area contributed by atoms with Crippen molar-refractivity contribution in [1.29, 1.82) is 0 Å². The van der Waals surface area contributed by atoms with Crippen molar-refractivity contribution in [2.45, 2.75) is 25.3 Å². The fraction of sp³-hybridized carbons (Fsp3) is 0.500. The minimum Gasteiger partial charge on any atom is -0.508 e. The lowest BCUT2D eigenvalue weighted by Crippen LogP contribution is -3.20. The summed E-state index contributed by atoms with van der Waals surface area (Å²) in [4.78, 5) is 13.6. The second kappa shape index (κ2) is 4.15. The van der Waals surface area contributed by atoms with Crippen LogP contribution in [0.2, 0.25) is 0 Å². The Bertz CT molecular complexity index is 436. The van der Waals surface area contributed by atoms with Crippen molar-refractivity contribution >= 4 is 5.78 Å². The van der Waals surface area contributed by atoms with E-state index in [0.29, 0.717) is 23.9 Å². The van der Waals surface area contributed by atoms with Gasteiger partial charge in [-0.15, -0.1) is 0 Å². The number of phenolic OH excluding ortho intramolecular Hbond substituents is 1. The molecular weight excluding hydrogens is 214 g/mol. The molecule has 90 valence electrons. The normalized spacial score (nSPS) is 31.8. The number of benzene rings is 1. The zero-order valence-corrected chi connectivity index (χ0v) is 9.86. The molecule has 3 fully saturated rings. The predicted molar refractivity (Wildman–Crippen MR) is 64.0 cm³/mol. The Kier molecular flexibility index (Phi) is 2.63. The zero-order chi connectivity index (χ0) is 11.8. The van der Waals surface area contributed by atoms with Crippen LogP contribution in [0.4, 0.5) is 0 Å². The number of hydrogen-bond donors (Lipinski definition) is 2. The molecule has 3 aliphatic rings. The highest BCUT2D eigenvalue weighted by Gasteiger charge is 2.44. The number of ketones is 1. The number of Topliss-reactive ketones (excluding diaryl/α,β-unsaturated/α-hetero) is 1. The highest BCUT2D eigenvalue weighted by atomic mass is 16.3. The number of quaternary nitrogens is 1. The first-order chi connectivity index (χ1) is 8.25. The van der Waals surface area contributed by atoms with Gasteiger partial charge in [0.25, 0.3) is 0 Å². The summed E-state index contributed by atoms with van der Waals surface area (Å²) in [5, 5.41) is 9.78. The van der Waals surface area contributed by atoms with E-state index in [1.165, 1.54) is 4.90 Å². The van der Waals surface area contributed by atoms with Gasteiger partial charge in [0.05, 0.1) is 13.1 Å². The molecule has 3 heterocycles. The van der Waals surface area contributed by atoms with E-state index < -0.39 is 0 Å². The van der Waals surface area contributed by atoms with Crippen LogP contribution >= 0.6 is 0 Å². The van der Waals surface area contributed by atoms with Gasteiger partial charge in [0.15, 0.2) is 11.8 Å². The molecule has 4 rings (SSSR count). The Morgan fingerprint density at radius 2 is 1.94 bits per heavy atom. The summed E-state index contributed by atoms with van der Waals surface area (Å²) in [6.45, 7) is 2.24. The number of rotatable bonds is 2. The van der Waals surface area contributed by atoms with Crippen LogP contribution in [0.15, 0.2) is 24.3 Å². The summed E-state index contributed by atoms with van der Waals surface area (Å²) in [5.74, 6) is 1.03. The first-order valence-electron chi connectivity index (χ1n) is 6.41.